The van der Waals surface area contributed by atoms with Gasteiger partial charge >= 0.3 is 6.09 Å². The van der Waals surface area contributed by atoms with Crippen LogP contribution in [0, 0.1) is 12.8 Å². The maximum absolute atomic E-state index is 14.6. The third-order valence-corrected chi connectivity index (χ3v) is 11.6. The minimum absolute atomic E-state index is 0.223. The van der Waals surface area contributed by atoms with E-state index in [9.17, 15) is 24.0 Å². The standard InChI is InChI=1S/C46H59N5O7/c1-31-14-20-37-27-34(31)29-47-41(53)38(21-15-32-11-6-5-7-12-32)49-42(54)39(28-40(52)51-25-10-13-33(30-51)22-26-57-37)50-43(55)46(23-8-9-24-46)35-16-18-36(19-17-35)48-44(56)58-45(2,3)4/h5-7,11-12,14,16-20,27,33,38-39H,8-10,13,15,21-26,28-30H2,1-4H3,(H,47,53)(H,48,56)(H,49,54)(H,50,55)/t33?,38-,39-/m0/s1. The molecule has 2 heterocycles. The van der Waals surface area contributed by atoms with Crippen LogP contribution in [0.1, 0.15) is 101 Å². The lowest BCUT2D eigenvalue weighted by Crippen LogP contribution is -2.57. The number of benzene rings is 3. The predicted octanol–water partition coefficient (Wildman–Crippen LogP) is 6.48. The summed E-state index contributed by atoms with van der Waals surface area (Å²) in [6.45, 7) is 9.19. The topological polar surface area (TPSA) is 155 Å². The molecule has 6 rings (SSSR count). The molecule has 3 atom stereocenters. The number of aryl methyl sites for hydroxylation is 2. The highest BCUT2D eigenvalue weighted by molar-refractivity contribution is 5.97. The molecule has 2 aliphatic heterocycles. The number of carbonyl (C=O) groups is 5. The second-order valence-corrected chi connectivity index (χ2v) is 17.1. The molecule has 3 aromatic carbocycles. The summed E-state index contributed by atoms with van der Waals surface area (Å²) in [6, 6.07) is 20.6. The van der Waals surface area contributed by atoms with Crippen molar-refractivity contribution in [3.05, 3.63) is 95.1 Å². The van der Waals surface area contributed by atoms with Crippen molar-refractivity contribution in [2.24, 2.45) is 5.92 Å². The Balaban J connectivity index is 1.27. The lowest BCUT2D eigenvalue weighted by Gasteiger charge is -2.35. The fraction of sp³-hybridized carbons (Fsp3) is 0.500. The van der Waals surface area contributed by atoms with Gasteiger partial charge in [-0.15, -0.1) is 0 Å². The fourth-order valence-corrected chi connectivity index (χ4v) is 8.33. The number of nitrogens with zero attached hydrogens (tertiary/aromatic N) is 1. The number of ether oxygens (including phenoxy) is 2. The highest BCUT2D eigenvalue weighted by Crippen LogP contribution is 2.42. The van der Waals surface area contributed by atoms with Gasteiger partial charge in [0.05, 0.1) is 18.4 Å². The predicted molar refractivity (Wildman–Crippen MR) is 222 cm³/mol. The van der Waals surface area contributed by atoms with Gasteiger partial charge in [-0.25, -0.2) is 4.79 Å². The van der Waals surface area contributed by atoms with E-state index >= 15 is 0 Å². The molecule has 12 nitrogen and oxygen atoms in total. The number of nitrogens with one attached hydrogen (secondary N) is 4. The zero-order valence-electron chi connectivity index (χ0n) is 34.4. The van der Waals surface area contributed by atoms with E-state index in [-0.39, 0.29) is 36.6 Å². The molecule has 1 saturated heterocycles. The molecule has 3 aliphatic rings. The highest BCUT2D eigenvalue weighted by atomic mass is 16.6. The van der Waals surface area contributed by atoms with Crippen LogP contribution in [0.2, 0.25) is 0 Å². The average molecular weight is 794 g/mol. The van der Waals surface area contributed by atoms with E-state index in [2.05, 4.69) is 21.3 Å². The first-order valence-electron chi connectivity index (χ1n) is 20.8. The number of amides is 5. The first kappa shape index (κ1) is 42.2. The van der Waals surface area contributed by atoms with E-state index in [0.717, 1.165) is 60.1 Å². The van der Waals surface area contributed by atoms with Crippen LogP contribution < -0.4 is 26.0 Å². The van der Waals surface area contributed by atoms with Gasteiger partial charge in [0.25, 0.3) is 0 Å². The smallest absolute Gasteiger partial charge is 0.412 e. The molecule has 3 aromatic rings. The molecule has 2 fully saturated rings. The van der Waals surface area contributed by atoms with Crippen molar-refractivity contribution in [1.82, 2.24) is 20.9 Å². The molecule has 1 saturated carbocycles. The molecule has 1 unspecified atom stereocenters. The van der Waals surface area contributed by atoms with E-state index < -0.39 is 35.1 Å². The maximum atomic E-state index is 14.6. The van der Waals surface area contributed by atoms with Gasteiger partial charge in [0.2, 0.25) is 23.6 Å². The normalized spacial score (nSPS) is 21.7. The van der Waals surface area contributed by atoms with Crippen LogP contribution in [0.25, 0.3) is 0 Å². The Labute approximate surface area is 342 Å². The summed E-state index contributed by atoms with van der Waals surface area (Å²) in [5.41, 5.74) is 2.60. The van der Waals surface area contributed by atoms with Gasteiger partial charge in [0, 0.05) is 25.3 Å². The van der Waals surface area contributed by atoms with Crippen molar-refractivity contribution in [2.75, 3.05) is 25.0 Å². The molecule has 0 radical (unpaired) electrons. The largest absolute Gasteiger partial charge is 0.494 e. The third kappa shape index (κ3) is 11.2. The van der Waals surface area contributed by atoms with Crippen LogP contribution in [-0.2, 0) is 42.3 Å². The Bertz CT molecular complexity index is 1920. The fourth-order valence-electron chi connectivity index (χ4n) is 8.33. The van der Waals surface area contributed by atoms with E-state index in [1.807, 2.05) is 67.6 Å². The summed E-state index contributed by atoms with van der Waals surface area (Å²) in [4.78, 5) is 71.4. The highest BCUT2D eigenvalue weighted by Gasteiger charge is 2.44. The Hall–Kier alpha value is -5.39. The van der Waals surface area contributed by atoms with Crippen molar-refractivity contribution < 1.29 is 33.4 Å². The maximum Gasteiger partial charge on any atom is 0.412 e. The Morgan fingerprint density at radius 2 is 1.67 bits per heavy atom. The van der Waals surface area contributed by atoms with E-state index in [4.69, 9.17) is 9.47 Å². The quantitative estimate of drug-likeness (QED) is 0.214. The van der Waals surface area contributed by atoms with Gasteiger partial charge in [-0.1, -0.05) is 61.4 Å². The molecular weight excluding hydrogens is 735 g/mol. The SMILES string of the molecule is Cc1ccc2cc1CNC(=O)[C@H](CCc1ccccc1)NC(=O)[C@@H](NC(=O)C1(c3ccc(NC(=O)OC(C)(C)C)cc3)CCCC1)CC(=O)N1CCCC(CCO2)C1. The van der Waals surface area contributed by atoms with Crippen LogP contribution in [0.15, 0.2) is 72.8 Å². The minimum atomic E-state index is -1.22. The second-order valence-electron chi connectivity index (χ2n) is 17.1. The number of hydrogen-bond acceptors (Lipinski definition) is 7. The lowest BCUT2D eigenvalue weighted by molar-refractivity contribution is -0.139. The summed E-state index contributed by atoms with van der Waals surface area (Å²) >= 11 is 0. The number of piperidine rings is 1. The monoisotopic (exact) mass is 793 g/mol. The van der Waals surface area contributed by atoms with Gasteiger partial charge < -0.3 is 30.3 Å². The first-order valence-corrected chi connectivity index (χ1v) is 20.8. The average Bonchev–Trinajstić information content (AvgIpc) is 3.70. The van der Waals surface area contributed by atoms with Crippen molar-refractivity contribution in [2.45, 2.75) is 122 Å². The van der Waals surface area contributed by atoms with Crippen molar-refractivity contribution in [3.8, 4) is 5.75 Å². The van der Waals surface area contributed by atoms with E-state index in [1.54, 1.807) is 37.8 Å². The van der Waals surface area contributed by atoms with Crippen molar-refractivity contribution in [1.29, 1.82) is 0 Å². The third-order valence-electron chi connectivity index (χ3n) is 11.6. The van der Waals surface area contributed by atoms with Crippen LogP contribution in [0.5, 0.6) is 5.75 Å². The van der Waals surface area contributed by atoms with Gasteiger partial charge in [0.15, 0.2) is 0 Å². The Kier molecular flexibility index (Phi) is 13.8. The van der Waals surface area contributed by atoms with Crippen LogP contribution in [0.3, 0.4) is 0 Å². The summed E-state index contributed by atoms with van der Waals surface area (Å²) < 4.78 is 11.6. The zero-order chi connectivity index (χ0) is 41.3. The van der Waals surface area contributed by atoms with Crippen molar-refractivity contribution >= 4 is 35.4 Å². The lowest BCUT2D eigenvalue weighted by atomic mass is 9.77. The number of anilines is 1. The molecule has 4 N–H and O–H groups in total. The molecule has 58 heavy (non-hydrogen) atoms. The number of fused-ring (bicyclic) bond motifs is 4. The van der Waals surface area contributed by atoms with Gasteiger partial charge in [-0.3, -0.25) is 24.5 Å². The van der Waals surface area contributed by atoms with Gasteiger partial charge in [0.1, 0.15) is 23.4 Å². The van der Waals surface area contributed by atoms with Crippen LogP contribution in [0.4, 0.5) is 10.5 Å². The van der Waals surface area contributed by atoms with E-state index in [1.165, 1.54) is 0 Å². The number of rotatable bonds is 7. The molecule has 0 aromatic heterocycles. The molecule has 1 aliphatic carbocycles. The van der Waals surface area contributed by atoms with Crippen LogP contribution >= 0.6 is 0 Å². The minimum Gasteiger partial charge on any atom is -0.494 e. The molecule has 310 valence electrons. The molecule has 0 spiro atoms. The Morgan fingerprint density at radius 3 is 2.40 bits per heavy atom. The summed E-state index contributed by atoms with van der Waals surface area (Å²) in [7, 11) is 0. The zero-order valence-corrected chi connectivity index (χ0v) is 34.4. The summed E-state index contributed by atoms with van der Waals surface area (Å²) in [5.74, 6) is -0.555. The molecular formula is C46H59N5O7. The van der Waals surface area contributed by atoms with Gasteiger partial charge in [-0.2, -0.15) is 0 Å². The van der Waals surface area contributed by atoms with Crippen molar-refractivity contribution in [3.63, 3.8) is 0 Å². The molecule has 4 bridgehead atoms. The van der Waals surface area contributed by atoms with Gasteiger partial charge in [-0.05, 0) is 125 Å². The first-order chi connectivity index (χ1) is 27.8. The summed E-state index contributed by atoms with van der Waals surface area (Å²) in [6.07, 6.45) is 5.30. The molecule has 5 amide bonds. The van der Waals surface area contributed by atoms with Crippen LogP contribution in [-0.4, -0.2) is 72.0 Å². The number of carbonyl (C=O) groups excluding carboxylic acids is 5. The Morgan fingerprint density at radius 1 is 0.931 bits per heavy atom. The molecule has 12 heteroatoms. The second kappa shape index (κ2) is 18.9. The van der Waals surface area contributed by atoms with E-state index in [0.29, 0.717) is 51.1 Å². The summed E-state index contributed by atoms with van der Waals surface area (Å²) in [5, 5.41) is 11.8. The number of hydrogen-bond donors (Lipinski definition) is 4.